The lowest BCUT2D eigenvalue weighted by atomic mass is 9.97. The number of rotatable bonds is 3. The number of nitrogens with zero attached hydrogens (tertiary/aromatic N) is 2. The fourth-order valence-electron chi connectivity index (χ4n) is 2.73. The number of nitrogen functional groups attached to an aromatic ring is 1. The maximum Gasteiger partial charge on any atom is 0.268 e. The summed E-state index contributed by atoms with van der Waals surface area (Å²) in [6.45, 7) is 8.29. The molecule has 0 aromatic carbocycles. The van der Waals surface area contributed by atoms with Crippen LogP contribution < -0.4 is 11.1 Å². The van der Waals surface area contributed by atoms with Gasteiger partial charge in [0.15, 0.2) is 5.13 Å². The molecule has 0 aliphatic carbocycles. The minimum Gasteiger partial charge on any atom is -0.382 e. The van der Waals surface area contributed by atoms with Gasteiger partial charge in [-0.3, -0.25) is 4.79 Å². The van der Waals surface area contributed by atoms with Crippen molar-refractivity contribution < 1.29 is 4.79 Å². The topological polar surface area (TPSA) is 71.2 Å². The molecular formula is C14H24N4OS. The zero-order valence-electron chi connectivity index (χ0n) is 12.6. The molecule has 5 nitrogen and oxygen atoms in total. The first kappa shape index (κ1) is 15.1. The lowest BCUT2D eigenvalue weighted by Crippen LogP contribution is -2.47. The summed E-state index contributed by atoms with van der Waals surface area (Å²) in [6.07, 6.45) is 3.31. The number of aromatic nitrogens is 1. The number of carbonyl (C=O) groups excluding carboxylic acids is 1. The van der Waals surface area contributed by atoms with E-state index in [2.05, 4.69) is 24.1 Å². The fourth-order valence-corrected chi connectivity index (χ4v) is 3.71. The van der Waals surface area contributed by atoms with Gasteiger partial charge in [-0.2, -0.15) is 0 Å². The van der Waals surface area contributed by atoms with Crippen molar-refractivity contribution in [1.29, 1.82) is 0 Å². The van der Waals surface area contributed by atoms with Crippen molar-refractivity contribution in [3.05, 3.63) is 4.88 Å². The SMILES string of the molecule is CC(C)Nc1nc(N)c(C(=O)N2[C@H](C)CCC[C@@H]2C)s1. The second-order valence-corrected chi connectivity index (χ2v) is 6.87. The molecule has 112 valence electrons. The third-order valence-electron chi connectivity index (χ3n) is 3.69. The lowest BCUT2D eigenvalue weighted by Gasteiger charge is -2.38. The van der Waals surface area contributed by atoms with E-state index in [-0.39, 0.29) is 24.0 Å². The molecule has 1 aromatic heterocycles. The van der Waals surface area contributed by atoms with Crippen LogP contribution in [0.25, 0.3) is 0 Å². The van der Waals surface area contributed by atoms with Gasteiger partial charge in [-0.25, -0.2) is 4.98 Å². The summed E-state index contributed by atoms with van der Waals surface area (Å²) in [7, 11) is 0. The predicted molar refractivity (Wildman–Crippen MR) is 84.2 cm³/mol. The molecule has 1 aliphatic rings. The Bertz CT molecular complexity index is 476. The summed E-state index contributed by atoms with van der Waals surface area (Å²) in [5, 5.41) is 3.92. The first-order chi connectivity index (χ1) is 9.40. The van der Waals surface area contributed by atoms with E-state index in [0.29, 0.717) is 10.7 Å². The number of hydrogen-bond acceptors (Lipinski definition) is 5. The van der Waals surface area contributed by atoms with E-state index in [1.807, 2.05) is 18.7 Å². The van der Waals surface area contributed by atoms with Crippen LogP contribution >= 0.6 is 11.3 Å². The van der Waals surface area contributed by atoms with Gasteiger partial charge in [0.2, 0.25) is 0 Å². The predicted octanol–water partition coefficient (Wildman–Crippen LogP) is 2.95. The quantitative estimate of drug-likeness (QED) is 0.899. The molecule has 6 heteroatoms. The van der Waals surface area contributed by atoms with Crippen LogP contribution in [0.5, 0.6) is 0 Å². The maximum atomic E-state index is 12.7. The number of hydrogen-bond donors (Lipinski definition) is 2. The van der Waals surface area contributed by atoms with Crippen molar-refractivity contribution in [1.82, 2.24) is 9.88 Å². The highest BCUT2D eigenvalue weighted by Crippen LogP contribution is 2.31. The highest BCUT2D eigenvalue weighted by atomic mass is 32.1. The number of amides is 1. The minimum atomic E-state index is 0.0245. The third kappa shape index (κ3) is 3.06. The third-order valence-corrected chi connectivity index (χ3v) is 4.68. The molecule has 3 N–H and O–H groups in total. The van der Waals surface area contributed by atoms with Crippen LogP contribution in [0.3, 0.4) is 0 Å². The number of carbonyl (C=O) groups is 1. The molecule has 1 aromatic rings. The summed E-state index contributed by atoms with van der Waals surface area (Å²) in [5.41, 5.74) is 5.93. The van der Waals surface area contributed by atoms with Crippen LogP contribution in [-0.4, -0.2) is 33.9 Å². The Hall–Kier alpha value is -1.30. The van der Waals surface area contributed by atoms with Crippen LogP contribution in [0.2, 0.25) is 0 Å². The van der Waals surface area contributed by atoms with Crippen LogP contribution in [-0.2, 0) is 0 Å². The van der Waals surface area contributed by atoms with E-state index in [1.165, 1.54) is 17.8 Å². The number of anilines is 2. The van der Waals surface area contributed by atoms with Gasteiger partial charge in [-0.05, 0) is 47.0 Å². The monoisotopic (exact) mass is 296 g/mol. The molecule has 0 unspecified atom stereocenters. The standard InChI is InChI=1S/C14H24N4OS/c1-8(2)16-14-17-12(15)11(20-14)13(19)18-9(3)6-5-7-10(18)4/h8-10H,5-7,15H2,1-4H3,(H,16,17)/t9-,10+. The Kier molecular flexibility index (Phi) is 4.52. The molecule has 2 rings (SSSR count). The first-order valence-electron chi connectivity index (χ1n) is 7.25. The summed E-state index contributed by atoms with van der Waals surface area (Å²) < 4.78 is 0. The summed E-state index contributed by atoms with van der Waals surface area (Å²) in [5.74, 6) is 0.365. The number of nitrogens with two attached hydrogens (primary N) is 1. The molecular weight excluding hydrogens is 272 g/mol. The molecule has 0 saturated carbocycles. The Morgan fingerprint density at radius 3 is 2.55 bits per heavy atom. The Morgan fingerprint density at radius 1 is 1.40 bits per heavy atom. The van der Waals surface area contributed by atoms with E-state index in [0.717, 1.165) is 18.0 Å². The van der Waals surface area contributed by atoms with Gasteiger partial charge in [0, 0.05) is 18.1 Å². The van der Waals surface area contributed by atoms with Gasteiger partial charge in [-0.1, -0.05) is 11.3 Å². The Balaban J connectivity index is 2.21. The summed E-state index contributed by atoms with van der Waals surface area (Å²) >= 11 is 1.36. The van der Waals surface area contributed by atoms with Gasteiger partial charge >= 0.3 is 0 Å². The van der Waals surface area contributed by atoms with Crippen molar-refractivity contribution in [2.75, 3.05) is 11.1 Å². The smallest absolute Gasteiger partial charge is 0.268 e. The zero-order chi connectivity index (χ0) is 14.9. The number of piperidine rings is 1. The molecule has 0 spiro atoms. The highest BCUT2D eigenvalue weighted by Gasteiger charge is 2.32. The Labute approximate surface area is 124 Å². The van der Waals surface area contributed by atoms with Crippen molar-refractivity contribution >= 4 is 28.2 Å². The fraction of sp³-hybridized carbons (Fsp3) is 0.714. The lowest BCUT2D eigenvalue weighted by molar-refractivity contribution is 0.0516. The number of nitrogens with one attached hydrogen (secondary N) is 1. The van der Waals surface area contributed by atoms with Crippen molar-refractivity contribution in [3.63, 3.8) is 0 Å². The number of likely N-dealkylation sites (tertiary alicyclic amines) is 1. The van der Waals surface area contributed by atoms with Gasteiger partial charge < -0.3 is 16.0 Å². The van der Waals surface area contributed by atoms with E-state index in [1.54, 1.807) is 0 Å². The largest absolute Gasteiger partial charge is 0.382 e. The second kappa shape index (κ2) is 5.99. The molecule has 2 heterocycles. The average molecular weight is 296 g/mol. The summed E-state index contributed by atoms with van der Waals surface area (Å²) in [6, 6.07) is 0.819. The van der Waals surface area contributed by atoms with Crippen molar-refractivity contribution in [3.8, 4) is 0 Å². The van der Waals surface area contributed by atoms with Crippen molar-refractivity contribution in [2.24, 2.45) is 0 Å². The highest BCUT2D eigenvalue weighted by molar-refractivity contribution is 7.18. The molecule has 0 bridgehead atoms. The molecule has 1 saturated heterocycles. The second-order valence-electron chi connectivity index (χ2n) is 5.87. The zero-order valence-corrected chi connectivity index (χ0v) is 13.5. The van der Waals surface area contributed by atoms with Gasteiger partial charge in [0.25, 0.3) is 5.91 Å². The molecule has 20 heavy (non-hydrogen) atoms. The molecule has 1 fully saturated rings. The van der Waals surface area contributed by atoms with Crippen LogP contribution in [0.15, 0.2) is 0 Å². The minimum absolute atomic E-state index is 0.0245. The van der Waals surface area contributed by atoms with E-state index >= 15 is 0 Å². The van der Waals surface area contributed by atoms with E-state index < -0.39 is 0 Å². The Morgan fingerprint density at radius 2 is 2.00 bits per heavy atom. The van der Waals surface area contributed by atoms with Gasteiger partial charge in [0.1, 0.15) is 10.7 Å². The average Bonchev–Trinajstić information content (AvgIpc) is 2.68. The van der Waals surface area contributed by atoms with E-state index in [9.17, 15) is 4.79 Å². The number of thiazole rings is 1. The summed E-state index contributed by atoms with van der Waals surface area (Å²) in [4.78, 5) is 19.5. The van der Waals surface area contributed by atoms with E-state index in [4.69, 9.17) is 5.73 Å². The van der Waals surface area contributed by atoms with Crippen LogP contribution in [0, 0.1) is 0 Å². The van der Waals surface area contributed by atoms with Crippen molar-refractivity contribution in [2.45, 2.75) is 65.1 Å². The molecule has 1 aliphatic heterocycles. The first-order valence-corrected chi connectivity index (χ1v) is 8.07. The van der Waals surface area contributed by atoms with Gasteiger partial charge in [0.05, 0.1) is 0 Å². The maximum absolute atomic E-state index is 12.7. The normalized spacial score (nSPS) is 23.1. The van der Waals surface area contributed by atoms with Crippen LogP contribution in [0.1, 0.15) is 56.6 Å². The van der Waals surface area contributed by atoms with Crippen LogP contribution in [0.4, 0.5) is 10.9 Å². The molecule has 0 radical (unpaired) electrons. The molecule has 1 amide bonds. The molecule has 2 atom stereocenters. The van der Waals surface area contributed by atoms with Gasteiger partial charge in [-0.15, -0.1) is 0 Å².